The summed E-state index contributed by atoms with van der Waals surface area (Å²) in [5, 5.41) is 0. The Morgan fingerprint density at radius 2 is 2.00 bits per heavy atom. The van der Waals surface area contributed by atoms with Gasteiger partial charge in [0.15, 0.2) is 0 Å². The highest BCUT2D eigenvalue weighted by Crippen LogP contribution is 2.36. The summed E-state index contributed by atoms with van der Waals surface area (Å²) >= 11 is 0. The van der Waals surface area contributed by atoms with Crippen LogP contribution in [0.3, 0.4) is 0 Å². The predicted octanol–water partition coefficient (Wildman–Crippen LogP) is 3.98. The van der Waals surface area contributed by atoms with Crippen molar-refractivity contribution in [3.8, 4) is 5.88 Å². The SMILES string of the molecule is CCOC(=O)C1(C/C=C/c2ccccc2)CCCN(C(=O)c2cccnc2OC)C1. The number of allylic oxidation sites excluding steroid dienone is 1. The number of carbonyl (C=O) groups excluding carboxylic acids is 2. The molecule has 1 amide bonds. The van der Waals surface area contributed by atoms with Crippen LogP contribution in [0.2, 0.25) is 0 Å². The lowest BCUT2D eigenvalue weighted by atomic mass is 9.76. The van der Waals surface area contributed by atoms with Gasteiger partial charge < -0.3 is 14.4 Å². The molecule has 6 nitrogen and oxygen atoms in total. The first kappa shape index (κ1) is 21.6. The molecule has 0 N–H and O–H groups in total. The molecule has 1 saturated heterocycles. The molecule has 0 saturated carbocycles. The van der Waals surface area contributed by atoms with Crippen LogP contribution in [0.1, 0.15) is 42.1 Å². The molecule has 0 spiro atoms. The highest BCUT2D eigenvalue weighted by Gasteiger charge is 2.44. The molecule has 6 heteroatoms. The van der Waals surface area contributed by atoms with Gasteiger partial charge in [-0.15, -0.1) is 0 Å². The molecule has 1 aliphatic rings. The fourth-order valence-corrected chi connectivity index (χ4v) is 3.88. The maximum Gasteiger partial charge on any atom is 0.314 e. The molecule has 1 atom stereocenters. The number of ether oxygens (including phenoxy) is 2. The van der Waals surface area contributed by atoms with Crippen LogP contribution in [0.25, 0.3) is 6.08 Å². The molecular formula is C24H28N2O4. The number of pyridine rings is 1. The van der Waals surface area contributed by atoms with E-state index in [0.29, 0.717) is 44.0 Å². The molecule has 0 aliphatic carbocycles. The van der Waals surface area contributed by atoms with E-state index in [1.54, 1.807) is 30.2 Å². The third-order valence-electron chi connectivity index (χ3n) is 5.39. The number of esters is 1. The van der Waals surface area contributed by atoms with E-state index in [9.17, 15) is 9.59 Å². The third-order valence-corrected chi connectivity index (χ3v) is 5.39. The average molecular weight is 408 g/mol. The lowest BCUT2D eigenvalue weighted by Crippen LogP contribution is -2.50. The van der Waals surface area contributed by atoms with Gasteiger partial charge in [0.05, 0.1) is 19.1 Å². The number of rotatable bonds is 7. The molecule has 30 heavy (non-hydrogen) atoms. The van der Waals surface area contributed by atoms with Gasteiger partial charge in [-0.1, -0.05) is 42.5 Å². The van der Waals surface area contributed by atoms with Crippen molar-refractivity contribution in [1.29, 1.82) is 0 Å². The first-order chi connectivity index (χ1) is 14.6. The van der Waals surface area contributed by atoms with Gasteiger partial charge in [-0.3, -0.25) is 9.59 Å². The summed E-state index contributed by atoms with van der Waals surface area (Å²) in [6.07, 6.45) is 7.51. The minimum Gasteiger partial charge on any atom is -0.480 e. The summed E-state index contributed by atoms with van der Waals surface area (Å²) in [6, 6.07) is 13.4. The van der Waals surface area contributed by atoms with Crippen LogP contribution in [-0.2, 0) is 9.53 Å². The van der Waals surface area contributed by atoms with E-state index in [-0.39, 0.29) is 11.9 Å². The van der Waals surface area contributed by atoms with Gasteiger partial charge in [-0.25, -0.2) is 4.98 Å². The summed E-state index contributed by atoms with van der Waals surface area (Å²) in [5.74, 6) is -0.141. The van der Waals surface area contributed by atoms with Crippen molar-refractivity contribution < 1.29 is 19.1 Å². The minimum atomic E-state index is -0.759. The zero-order valence-corrected chi connectivity index (χ0v) is 17.5. The monoisotopic (exact) mass is 408 g/mol. The first-order valence-corrected chi connectivity index (χ1v) is 10.3. The number of aromatic nitrogens is 1. The Bertz CT molecular complexity index is 897. The summed E-state index contributed by atoms with van der Waals surface area (Å²) in [4.78, 5) is 32.0. The molecule has 2 heterocycles. The van der Waals surface area contributed by atoms with Crippen molar-refractivity contribution in [3.63, 3.8) is 0 Å². The molecular weight excluding hydrogens is 380 g/mol. The fraction of sp³-hybridized carbons (Fsp3) is 0.375. The maximum atomic E-state index is 13.2. The number of piperidine rings is 1. The average Bonchev–Trinajstić information content (AvgIpc) is 2.79. The van der Waals surface area contributed by atoms with Gasteiger partial charge in [-0.2, -0.15) is 0 Å². The second kappa shape index (κ2) is 10.1. The first-order valence-electron chi connectivity index (χ1n) is 10.3. The molecule has 1 aromatic carbocycles. The fourth-order valence-electron chi connectivity index (χ4n) is 3.88. The molecule has 1 aromatic heterocycles. The minimum absolute atomic E-state index is 0.180. The Kier molecular flexibility index (Phi) is 7.22. The highest BCUT2D eigenvalue weighted by atomic mass is 16.5. The van der Waals surface area contributed by atoms with Crippen molar-refractivity contribution in [2.45, 2.75) is 26.2 Å². The number of carbonyl (C=O) groups is 2. The number of nitrogens with zero attached hydrogens (tertiary/aromatic N) is 2. The topological polar surface area (TPSA) is 68.7 Å². The third kappa shape index (κ3) is 4.87. The molecule has 1 aliphatic heterocycles. The Morgan fingerprint density at radius 3 is 2.73 bits per heavy atom. The number of benzene rings is 1. The molecule has 1 fully saturated rings. The Hall–Kier alpha value is -3.15. The Balaban J connectivity index is 1.83. The van der Waals surface area contributed by atoms with Gasteiger partial charge in [0.2, 0.25) is 5.88 Å². The van der Waals surface area contributed by atoms with E-state index in [1.165, 1.54) is 7.11 Å². The molecule has 0 bridgehead atoms. The van der Waals surface area contributed by atoms with Crippen LogP contribution in [0.4, 0.5) is 0 Å². The highest BCUT2D eigenvalue weighted by molar-refractivity contribution is 5.96. The van der Waals surface area contributed by atoms with Crippen LogP contribution in [0.15, 0.2) is 54.7 Å². The number of hydrogen-bond acceptors (Lipinski definition) is 5. The maximum absolute atomic E-state index is 13.2. The van der Waals surface area contributed by atoms with Crippen molar-refractivity contribution in [2.24, 2.45) is 5.41 Å². The van der Waals surface area contributed by atoms with E-state index in [1.807, 2.05) is 42.5 Å². The summed E-state index contributed by atoms with van der Waals surface area (Å²) < 4.78 is 10.7. The van der Waals surface area contributed by atoms with E-state index in [4.69, 9.17) is 9.47 Å². The van der Waals surface area contributed by atoms with Gasteiger partial charge in [0, 0.05) is 19.3 Å². The summed E-state index contributed by atoms with van der Waals surface area (Å²) in [5.41, 5.74) is 0.713. The van der Waals surface area contributed by atoms with Crippen LogP contribution >= 0.6 is 0 Å². The zero-order valence-electron chi connectivity index (χ0n) is 17.5. The number of methoxy groups -OCH3 is 1. The zero-order chi connectivity index (χ0) is 21.4. The number of hydrogen-bond donors (Lipinski definition) is 0. The Morgan fingerprint density at radius 1 is 1.20 bits per heavy atom. The van der Waals surface area contributed by atoms with Gasteiger partial charge in [-0.05, 0) is 43.9 Å². The number of likely N-dealkylation sites (tertiary alicyclic amines) is 1. The molecule has 2 aromatic rings. The molecule has 3 rings (SSSR count). The van der Waals surface area contributed by atoms with Crippen LogP contribution in [0, 0.1) is 5.41 Å². The second-order valence-electron chi connectivity index (χ2n) is 7.41. The van der Waals surface area contributed by atoms with Crippen molar-refractivity contribution >= 4 is 18.0 Å². The van der Waals surface area contributed by atoms with E-state index < -0.39 is 5.41 Å². The van der Waals surface area contributed by atoms with Crippen molar-refractivity contribution in [3.05, 3.63) is 65.9 Å². The van der Waals surface area contributed by atoms with Crippen molar-refractivity contribution in [2.75, 3.05) is 26.8 Å². The molecule has 0 radical (unpaired) electrons. The lowest BCUT2D eigenvalue weighted by molar-refractivity contribution is -0.158. The Labute approximate surface area is 177 Å². The molecule has 158 valence electrons. The second-order valence-corrected chi connectivity index (χ2v) is 7.41. The van der Waals surface area contributed by atoms with Gasteiger partial charge >= 0.3 is 5.97 Å². The van der Waals surface area contributed by atoms with E-state index >= 15 is 0 Å². The molecule has 1 unspecified atom stereocenters. The normalized spacial score (nSPS) is 18.9. The van der Waals surface area contributed by atoms with Crippen LogP contribution in [-0.4, -0.2) is 48.6 Å². The van der Waals surface area contributed by atoms with Crippen molar-refractivity contribution in [1.82, 2.24) is 9.88 Å². The lowest BCUT2D eigenvalue weighted by Gasteiger charge is -2.40. The van der Waals surface area contributed by atoms with E-state index in [2.05, 4.69) is 4.98 Å². The standard InChI is InChI=1S/C24H28N2O4/c1-3-30-23(28)24(14-7-12-19-10-5-4-6-11-19)15-9-17-26(18-24)22(27)20-13-8-16-25-21(20)29-2/h4-8,10-13,16H,3,9,14-15,17-18H2,1-2H3/b12-7+. The van der Waals surface area contributed by atoms with Crippen LogP contribution < -0.4 is 4.74 Å². The van der Waals surface area contributed by atoms with Gasteiger partial charge in [0.1, 0.15) is 5.56 Å². The number of amides is 1. The predicted molar refractivity (Wildman–Crippen MR) is 115 cm³/mol. The van der Waals surface area contributed by atoms with Crippen LogP contribution in [0.5, 0.6) is 5.88 Å². The summed E-state index contributed by atoms with van der Waals surface area (Å²) in [6.45, 7) is 3.01. The largest absolute Gasteiger partial charge is 0.480 e. The van der Waals surface area contributed by atoms with Gasteiger partial charge in [0.25, 0.3) is 5.91 Å². The smallest absolute Gasteiger partial charge is 0.314 e. The quantitative estimate of drug-likeness (QED) is 0.648. The van der Waals surface area contributed by atoms with E-state index in [0.717, 1.165) is 12.0 Å². The summed E-state index contributed by atoms with van der Waals surface area (Å²) in [7, 11) is 1.49.